The van der Waals surface area contributed by atoms with E-state index in [-0.39, 0.29) is 22.1 Å². The van der Waals surface area contributed by atoms with E-state index in [9.17, 15) is 18.0 Å². The Balaban J connectivity index is 2.02. The Bertz CT molecular complexity index is 1350. The molecule has 33 heavy (non-hydrogen) atoms. The molecule has 0 spiro atoms. The number of carbonyl (C=O) groups is 1. The van der Waals surface area contributed by atoms with Gasteiger partial charge in [-0.05, 0) is 44.2 Å². The molecule has 1 heterocycles. The van der Waals surface area contributed by atoms with Gasteiger partial charge in [-0.3, -0.25) is 18.6 Å². The summed E-state index contributed by atoms with van der Waals surface area (Å²) < 4.78 is 34.6. The predicted molar refractivity (Wildman–Crippen MR) is 129 cm³/mol. The summed E-state index contributed by atoms with van der Waals surface area (Å²) in [5.41, 5.74) is 0.873. The molecular weight excluding hydrogens is 468 g/mol. The first-order valence-corrected chi connectivity index (χ1v) is 12.2. The number of hydrogen-bond acceptors (Lipinski definition) is 5. The number of anilines is 2. The van der Waals surface area contributed by atoms with Gasteiger partial charge in [-0.25, -0.2) is 13.1 Å². The third-order valence-electron chi connectivity index (χ3n) is 5.27. The lowest BCUT2D eigenvalue weighted by Gasteiger charge is -2.29. The van der Waals surface area contributed by atoms with Crippen molar-refractivity contribution in [2.45, 2.75) is 19.9 Å². The number of halogens is 1. The monoisotopic (exact) mass is 492 g/mol. The van der Waals surface area contributed by atoms with Crippen molar-refractivity contribution >= 4 is 38.9 Å². The first-order chi connectivity index (χ1) is 15.5. The van der Waals surface area contributed by atoms with E-state index in [0.29, 0.717) is 11.4 Å². The van der Waals surface area contributed by atoms with Crippen LogP contribution in [0, 0.1) is 6.92 Å². The van der Waals surface area contributed by atoms with Crippen LogP contribution in [0.25, 0.3) is 5.69 Å². The number of aromatic nitrogens is 2. The Kier molecular flexibility index (Phi) is 6.89. The van der Waals surface area contributed by atoms with Crippen molar-refractivity contribution in [1.82, 2.24) is 9.36 Å². The lowest BCUT2D eigenvalue weighted by Crippen LogP contribution is -2.46. The van der Waals surface area contributed by atoms with Gasteiger partial charge in [0.05, 0.1) is 30.4 Å². The summed E-state index contributed by atoms with van der Waals surface area (Å²) in [6.45, 7) is 3.11. The number of hydrogen-bond donors (Lipinski definition) is 1. The van der Waals surface area contributed by atoms with E-state index in [2.05, 4.69) is 5.32 Å². The quantitative estimate of drug-likeness (QED) is 0.546. The summed E-state index contributed by atoms with van der Waals surface area (Å²) in [6.07, 6.45) is 0.979. The van der Waals surface area contributed by atoms with Gasteiger partial charge in [0, 0.05) is 12.1 Å². The van der Waals surface area contributed by atoms with E-state index in [1.807, 2.05) is 6.07 Å². The van der Waals surface area contributed by atoms with E-state index in [1.165, 1.54) is 30.8 Å². The van der Waals surface area contributed by atoms with E-state index < -0.39 is 27.5 Å². The van der Waals surface area contributed by atoms with Crippen molar-refractivity contribution in [1.29, 1.82) is 0 Å². The molecule has 11 heteroatoms. The number of nitrogens with zero attached hydrogens (tertiary/aromatic N) is 3. The molecule has 1 N–H and O–H groups in total. The molecule has 1 unspecified atom stereocenters. The maximum absolute atomic E-state index is 13.2. The highest BCUT2D eigenvalue weighted by atomic mass is 35.5. The van der Waals surface area contributed by atoms with Crippen LogP contribution in [-0.4, -0.2) is 43.1 Å². The maximum atomic E-state index is 13.2. The van der Waals surface area contributed by atoms with Crippen LogP contribution < -0.4 is 19.9 Å². The molecule has 0 saturated carbocycles. The Labute approximate surface area is 197 Å². The standard InChI is InChI=1S/C22H25ClN4O5S/c1-14-20(22(29)26(25(14)3)17-9-7-6-8-10-17)24-21(28)15(2)27(33(5,30)31)18-13-16(23)11-12-19(18)32-4/h6-13,15H,1-5H3,(H,24,28). The number of amides is 1. The lowest BCUT2D eigenvalue weighted by molar-refractivity contribution is -0.116. The molecule has 3 aromatic rings. The Hall–Kier alpha value is -3.24. The van der Waals surface area contributed by atoms with Gasteiger partial charge in [-0.2, -0.15) is 0 Å². The van der Waals surface area contributed by atoms with Crippen molar-refractivity contribution in [3.8, 4) is 11.4 Å². The molecule has 1 atom stereocenters. The minimum absolute atomic E-state index is 0.0599. The predicted octanol–water partition coefficient (Wildman–Crippen LogP) is 2.94. The van der Waals surface area contributed by atoms with Gasteiger partial charge in [0.25, 0.3) is 5.56 Å². The highest BCUT2D eigenvalue weighted by molar-refractivity contribution is 7.92. The van der Waals surface area contributed by atoms with Crippen LogP contribution in [0.5, 0.6) is 5.75 Å². The molecule has 0 aliphatic heterocycles. The van der Waals surface area contributed by atoms with Gasteiger partial charge in [0.15, 0.2) is 0 Å². The van der Waals surface area contributed by atoms with Gasteiger partial charge in [-0.1, -0.05) is 29.8 Å². The highest BCUT2D eigenvalue weighted by Gasteiger charge is 2.32. The molecule has 0 saturated heterocycles. The third-order valence-corrected chi connectivity index (χ3v) is 6.73. The van der Waals surface area contributed by atoms with Crippen LogP contribution in [0.4, 0.5) is 11.4 Å². The molecule has 176 valence electrons. The fourth-order valence-electron chi connectivity index (χ4n) is 3.56. The molecule has 0 aliphatic carbocycles. The van der Waals surface area contributed by atoms with Crippen LogP contribution in [0.15, 0.2) is 53.3 Å². The Morgan fingerprint density at radius 1 is 1.18 bits per heavy atom. The van der Waals surface area contributed by atoms with Crippen molar-refractivity contribution in [3.05, 3.63) is 69.6 Å². The molecular formula is C22H25ClN4O5S. The van der Waals surface area contributed by atoms with E-state index >= 15 is 0 Å². The van der Waals surface area contributed by atoms with E-state index in [1.54, 1.807) is 49.0 Å². The summed E-state index contributed by atoms with van der Waals surface area (Å²) in [7, 11) is -0.842. The lowest BCUT2D eigenvalue weighted by atomic mass is 10.2. The minimum atomic E-state index is -3.92. The van der Waals surface area contributed by atoms with Crippen LogP contribution in [0.2, 0.25) is 5.02 Å². The second-order valence-corrected chi connectivity index (χ2v) is 9.77. The van der Waals surface area contributed by atoms with Crippen molar-refractivity contribution < 1.29 is 17.9 Å². The fourth-order valence-corrected chi connectivity index (χ4v) is 4.89. The molecule has 9 nitrogen and oxygen atoms in total. The Morgan fingerprint density at radius 2 is 1.82 bits per heavy atom. The molecule has 1 aromatic heterocycles. The fraction of sp³-hybridized carbons (Fsp3) is 0.273. The van der Waals surface area contributed by atoms with Gasteiger partial charge < -0.3 is 10.1 Å². The molecule has 0 bridgehead atoms. The molecule has 0 aliphatic rings. The van der Waals surface area contributed by atoms with Crippen molar-refractivity contribution in [3.63, 3.8) is 0 Å². The minimum Gasteiger partial charge on any atom is -0.495 e. The SMILES string of the molecule is COc1ccc(Cl)cc1N(C(C)C(=O)Nc1c(C)n(C)n(-c2ccccc2)c1=O)S(C)(=O)=O. The second-order valence-electron chi connectivity index (χ2n) is 7.48. The van der Waals surface area contributed by atoms with Gasteiger partial charge in [0.1, 0.15) is 17.5 Å². The van der Waals surface area contributed by atoms with Crippen LogP contribution in [0.1, 0.15) is 12.6 Å². The number of para-hydroxylation sites is 1. The zero-order valence-electron chi connectivity index (χ0n) is 18.9. The summed E-state index contributed by atoms with van der Waals surface area (Å²) in [4.78, 5) is 26.3. The molecule has 1 amide bonds. The zero-order chi connectivity index (χ0) is 24.5. The van der Waals surface area contributed by atoms with E-state index in [0.717, 1.165) is 10.6 Å². The third kappa shape index (κ3) is 4.76. The Morgan fingerprint density at radius 3 is 2.39 bits per heavy atom. The topological polar surface area (TPSA) is 103 Å². The number of carbonyl (C=O) groups excluding carboxylic acids is 1. The average molecular weight is 493 g/mol. The summed E-state index contributed by atoms with van der Waals surface area (Å²) in [5.74, 6) is -0.458. The smallest absolute Gasteiger partial charge is 0.295 e. The van der Waals surface area contributed by atoms with Crippen LogP contribution >= 0.6 is 11.6 Å². The molecule has 2 aromatic carbocycles. The normalized spacial score (nSPS) is 12.3. The molecule has 0 radical (unpaired) electrons. The highest BCUT2D eigenvalue weighted by Crippen LogP contribution is 2.34. The number of benzene rings is 2. The van der Waals surface area contributed by atoms with Gasteiger partial charge in [-0.15, -0.1) is 0 Å². The summed E-state index contributed by atoms with van der Waals surface area (Å²) in [5, 5.41) is 2.89. The van der Waals surface area contributed by atoms with Crippen molar-refractivity contribution in [2.24, 2.45) is 7.05 Å². The average Bonchev–Trinajstić information content (AvgIpc) is 2.96. The number of ether oxygens (including phenoxy) is 1. The number of rotatable bonds is 7. The maximum Gasteiger partial charge on any atom is 0.295 e. The molecule has 3 rings (SSSR count). The first kappa shape index (κ1) is 24.4. The van der Waals surface area contributed by atoms with Crippen LogP contribution in [0.3, 0.4) is 0 Å². The summed E-state index contributed by atoms with van der Waals surface area (Å²) >= 11 is 6.08. The van der Waals surface area contributed by atoms with Crippen molar-refractivity contribution in [2.75, 3.05) is 23.0 Å². The van der Waals surface area contributed by atoms with Crippen LogP contribution in [-0.2, 0) is 21.9 Å². The zero-order valence-corrected chi connectivity index (χ0v) is 20.4. The van der Waals surface area contributed by atoms with Gasteiger partial charge in [0.2, 0.25) is 15.9 Å². The largest absolute Gasteiger partial charge is 0.495 e. The second kappa shape index (κ2) is 9.32. The van der Waals surface area contributed by atoms with Gasteiger partial charge >= 0.3 is 0 Å². The number of methoxy groups -OCH3 is 1. The number of nitrogens with one attached hydrogen (secondary N) is 1. The number of sulfonamides is 1. The first-order valence-electron chi connectivity index (χ1n) is 9.95. The van der Waals surface area contributed by atoms with E-state index in [4.69, 9.17) is 16.3 Å². The summed E-state index contributed by atoms with van der Waals surface area (Å²) in [6, 6.07) is 12.2. The molecule has 0 fully saturated rings.